The van der Waals surface area contributed by atoms with Crippen molar-refractivity contribution in [3.63, 3.8) is 0 Å². The highest BCUT2D eigenvalue weighted by atomic mass is 16.7. The van der Waals surface area contributed by atoms with Crippen molar-refractivity contribution in [1.29, 1.82) is 0 Å². The van der Waals surface area contributed by atoms with Gasteiger partial charge in [0.05, 0.1) is 6.61 Å². The summed E-state index contributed by atoms with van der Waals surface area (Å²) in [7, 11) is 2.87. The van der Waals surface area contributed by atoms with Crippen molar-refractivity contribution in [1.82, 2.24) is 0 Å². The van der Waals surface area contributed by atoms with Crippen LogP contribution in [0, 0.1) is 0 Å². The van der Waals surface area contributed by atoms with E-state index in [0.717, 1.165) is 0 Å². The van der Waals surface area contributed by atoms with E-state index in [1.165, 1.54) is 14.2 Å². The maximum atomic E-state index is 9.40. The normalized spacial score (nSPS) is 43.0. The monoisotopic (exact) mass is 178 g/mol. The number of ether oxygens (including phenoxy) is 3. The second-order valence-electron chi connectivity index (χ2n) is 2.69. The lowest BCUT2D eigenvalue weighted by Gasteiger charge is -2.35. The third kappa shape index (κ3) is 1.75. The van der Waals surface area contributed by atoms with E-state index < -0.39 is 24.6 Å². The van der Waals surface area contributed by atoms with Gasteiger partial charge in [-0.25, -0.2) is 0 Å². The molecule has 0 spiro atoms. The summed E-state index contributed by atoms with van der Waals surface area (Å²) in [6.07, 6.45) is -3.24. The Hall–Kier alpha value is -0.200. The van der Waals surface area contributed by atoms with Gasteiger partial charge in [0.25, 0.3) is 0 Å². The molecule has 72 valence electrons. The Bertz CT molecular complexity index is 124. The van der Waals surface area contributed by atoms with Gasteiger partial charge < -0.3 is 24.4 Å². The molecule has 1 fully saturated rings. The van der Waals surface area contributed by atoms with Gasteiger partial charge in [0.2, 0.25) is 0 Å². The van der Waals surface area contributed by atoms with Gasteiger partial charge in [-0.3, -0.25) is 0 Å². The van der Waals surface area contributed by atoms with E-state index in [9.17, 15) is 10.2 Å². The molecule has 1 heterocycles. The second kappa shape index (κ2) is 4.15. The Morgan fingerprint density at radius 2 is 1.83 bits per heavy atom. The van der Waals surface area contributed by atoms with Crippen LogP contribution in [0.15, 0.2) is 0 Å². The van der Waals surface area contributed by atoms with Crippen LogP contribution < -0.4 is 0 Å². The molecule has 2 N–H and O–H groups in total. The molecule has 1 unspecified atom stereocenters. The van der Waals surface area contributed by atoms with Crippen LogP contribution >= 0.6 is 0 Å². The zero-order chi connectivity index (χ0) is 9.14. The Morgan fingerprint density at radius 3 is 2.33 bits per heavy atom. The fourth-order valence-electron chi connectivity index (χ4n) is 1.18. The van der Waals surface area contributed by atoms with Crippen LogP contribution in [0.25, 0.3) is 0 Å². The molecular weight excluding hydrogens is 164 g/mol. The first kappa shape index (κ1) is 9.88. The highest BCUT2D eigenvalue weighted by molar-refractivity contribution is 4.83. The molecule has 0 radical (unpaired) electrons. The number of aliphatic hydroxyl groups excluding tert-OH is 2. The average molecular weight is 178 g/mol. The van der Waals surface area contributed by atoms with Crippen molar-refractivity contribution in [2.45, 2.75) is 24.6 Å². The standard InChI is InChI=1S/C7H14O5/c1-10-4-3-12-7(11-2)6(9)5(4)8/h4-9H,3H2,1-2H3/t4-,5+,6?,7-/m1/s1. The van der Waals surface area contributed by atoms with Gasteiger partial charge in [0.1, 0.15) is 18.3 Å². The van der Waals surface area contributed by atoms with Gasteiger partial charge in [0, 0.05) is 14.2 Å². The quantitative estimate of drug-likeness (QED) is 0.551. The lowest BCUT2D eigenvalue weighted by molar-refractivity contribution is -0.265. The molecule has 0 amide bonds. The van der Waals surface area contributed by atoms with Crippen LogP contribution in [0.5, 0.6) is 0 Å². The number of rotatable bonds is 2. The first-order valence-corrected chi connectivity index (χ1v) is 3.74. The SMILES string of the molecule is CO[C@@H]1OC[C@@H](OC)[C@H](O)C1O. The van der Waals surface area contributed by atoms with Gasteiger partial charge >= 0.3 is 0 Å². The van der Waals surface area contributed by atoms with Gasteiger partial charge in [-0.1, -0.05) is 0 Å². The summed E-state index contributed by atoms with van der Waals surface area (Å²) in [5.41, 5.74) is 0. The van der Waals surface area contributed by atoms with Crippen LogP contribution in [0.4, 0.5) is 0 Å². The number of hydrogen-bond acceptors (Lipinski definition) is 5. The maximum Gasteiger partial charge on any atom is 0.185 e. The minimum absolute atomic E-state index is 0.229. The van der Waals surface area contributed by atoms with E-state index in [2.05, 4.69) is 0 Å². The summed E-state index contributed by atoms with van der Waals surface area (Å²) in [6, 6.07) is 0. The van der Waals surface area contributed by atoms with E-state index in [4.69, 9.17) is 14.2 Å². The molecule has 0 aromatic rings. The van der Waals surface area contributed by atoms with E-state index in [1.54, 1.807) is 0 Å². The molecule has 0 aromatic heterocycles. The molecule has 1 aliphatic heterocycles. The number of hydrogen-bond donors (Lipinski definition) is 2. The van der Waals surface area contributed by atoms with Gasteiger partial charge in [-0.05, 0) is 0 Å². The topological polar surface area (TPSA) is 68.2 Å². The highest BCUT2D eigenvalue weighted by Gasteiger charge is 2.38. The molecule has 0 saturated carbocycles. The van der Waals surface area contributed by atoms with Crippen molar-refractivity contribution in [3.8, 4) is 0 Å². The minimum atomic E-state index is -1.05. The summed E-state index contributed by atoms with van der Waals surface area (Å²) in [4.78, 5) is 0. The van der Waals surface area contributed by atoms with Crippen LogP contribution in [-0.4, -0.2) is 55.6 Å². The van der Waals surface area contributed by atoms with Gasteiger partial charge in [0.15, 0.2) is 6.29 Å². The van der Waals surface area contributed by atoms with Crippen LogP contribution in [-0.2, 0) is 14.2 Å². The van der Waals surface area contributed by atoms with Crippen LogP contribution in [0.1, 0.15) is 0 Å². The lowest BCUT2D eigenvalue weighted by atomic mass is 10.1. The Morgan fingerprint density at radius 1 is 1.17 bits per heavy atom. The highest BCUT2D eigenvalue weighted by Crippen LogP contribution is 2.17. The van der Waals surface area contributed by atoms with E-state index in [1.807, 2.05) is 0 Å². The smallest absolute Gasteiger partial charge is 0.185 e. The van der Waals surface area contributed by atoms with E-state index >= 15 is 0 Å². The molecular formula is C7H14O5. The maximum absolute atomic E-state index is 9.40. The molecule has 4 atom stereocenters. The van der Waals surface area contributed by atoms with E-state index in [0.29, 0.717) is 0 Å². The van der Waals surface area contributed by atoms with Crippen molar-refractivity contribution >= 4 is 0 Å². The summed E-state index contributed by atoms with van der Waals surface area (Å²) in [6.45, 7) is 0.229. The molecule has 5 nitrogen and oxygen atoms in total. The zero-order valence-corrected chi connectivity index (χ0v) is 7.14. The predicted molar refractivity (Wildman–Crippen MR) is 39.6 cm³/mol. The largest absolute Gasteiger partial charge is 0.387 e. The predicted octanol–water partition coefficient (Wildman–Crippen LogP) is -1.27. The van der Waals surface area contributed by atoms with E-state index in [-0.39, 0.29) is 6.61 Å². The summed E-state index contributed by atoms with van der Waals surface area (Å²) < 4.78 is 14.7. The molecule has 0 aromatic carbocycles. The number of methoxy groups -OCH3 is 2. The fourth-order valence-corrected chi connectivity index (χ4v) is 1.18. The molecule has 0 bridgehead atoms. The Labute approximate surface area is 70.9 Å². The van der Waals surface area contributed by atoms with Crippen LogP contribution in [0.3, 0.4) is 0 Å². The molecule has 1 aliphatic rings. The molecule has 5 heteroatoms. The van der Waals surface area contributed by atoms with Crippen LogP contribution in [0.2, 0.25) is 0 Å². The minimum Gasteiger partial charge on any atom is -0.387 e. The lowest BCUT2D eigenvalue weighted by Crippen LogP contribution is -2.54. The Kier molecular flexibility index (Phi) is 3.42. The molecule has 1 rings (SSSR count). The third-order valence-corrected chi connectivity index (χ3v) is 1.97. The van der Waals surface area contributed by atoms with Gasteiger partial charge in [-0.2, -0.15) is 0 Å². The fraction of sp³-hybridized carbons (Fsp3) is 1.00. The average Bonchev–Trinajstić information content (AvgIpc) is 2.10. The van der Waals surface area contributed by atoms with Crippen molar-refractivity contribution in [3.05, 3.63) is 0 Å². The summed E-state index contributed by atoms with van der Waals surface area (Å²) in [5.74, 6) is 0. The van der Waals surface area contributed by atoms with Crippen molar-refractivity contribution in [2.24, 2.45) is 0 Å². The second-order valence-corrected chi connectivity index (χ2v) is 2.69. The first-order chi connectivity index (χ1) is 5.70. The molecule has 0 aliphatic carbocycles. The Balaban J connectivity index is 2.52. The summed E-state index contributed by atoms with van der Waals surface area (Å²) in [5, 5.41) is 18.8. The third-order valence-electron chi connectivity index (χ3n) is 1.97. The summed E-state index contributed by atoms with van der Waals surface area (Å²) >= 11 is 0. The first-order valence-electron chi connectivity index (χ1n) is 3.74. The molecule has 1 saturated heterocycles. The number of aliphatic hydroxyl groups is 2. The van der Waals surface area contributed by atoms with Crippen molar-refractivity contribution in [2.75, 3.05) is 20.8 Å². The van der Waals surface area contributed by atoms with Gasteiger partial charge in [-0.15, -0.1) is 0 Å². The van der Waals surface area contributed by atoms with Crippen molar-refractivity contribution < 1.29 is 24.4 Å². The zero-order valence-electron chi connectivity index (χ0n) is 7.14. The molecule has 12 heavy (non-hydrogen) atoms.